The Morgan fingerprint density at radius 3 is 2.76 bits per heavy atom. The van der Waals surface area contributed by atoms with Gasteiger partial charge >= 0.3 is 0 Å². The first-order valence-electron chi connectivity index (χ1n) is 5.02. The Kier molecular flexibility index (Phi) is 3.10. The van der Waals surface area contributed by atoms with E-state index < -0.39 is 12.0 Å². The van der Waals surface area contributed by atoms with Gasteiger partial charge in [-0.3, -0.25) is 10.4 Å². The number of nitrogens with zero attached hydrogens (tertiary/aromatic N) is 1. The van der Waals surface area contributed by atoms with Crippen molar-refractivity contribution in [3.05, 3.63) is 36.0 Å². The molecule has 0 saturated carbocycles. The minimum Gasteiger partial charge on any atom is -0.548 e. The number of carbonyl (C=O) groups excluding carboxylic acids is 1. The summed E-state index contributed by atoms with van der Waals surface area (Å²) in [6.45, 7) is 0. The van der Waals surface area contributed by atoms with Crippen LogP contribution in [0, 0.1) is 0 Å². The van der Waals surface area contributed by atoms with Gasteiger partial charge in [-0.2, -0.15) is 0 Å². The SMILES string of the molecule is O=C([O-])[C@H](Cc1c[nH]c2ccccc12)N(O)O. The van der Waals surface area contributed by atoms with Crippen LogP contribution in [0.3, 0.4) is 0 Å². The fourth-order valence-electron chi connectivity index (χ4n) is 1.77. The molecule has 0 radical (unpaired) electrons. The van der Waals surface area contributed by atoms with Gasteiger partial charge in [0.15, 0.2) is 0 Å². The zero-order valence-corrected chi connectivity index (χ0v) is 8.83. The molecule has 1 aromatic carbocycles. The molecule has 90 valence electrons. The molecule has 0 unspecified atom stereocenters. The predicted molar refractivity (Wildman–Crippen MR) is 56.2 cm³/mol. The maximum absolute atomic E-state index is 10.7. The summed E-state index contributed by atoms with van der Waals surface area (Å²) in [5, 5.41) is 28.9. The normalized spacial score (nSPS) is 13.1. The van der Waals surface area contributed by atoms with Crippen molar-refractivity contribution in [2.75, 3.05) is 0 Å². The second kappa shape index (κ2) is 4.54. The van der Waals surface area contributed by atoms with Gasteiger partial charge in [0.1, 0.15) is 6.04 Å². The van der Waals surface area contributed by atoms with E-state index in [1.165, 1.54) is 0 Å². The number of carbonyl (C=O) groups is 1. The van der Waals surface area contributed by atoms with E-state index in [0.29, 0.717) is 5.56 Å². The number of nitrogens with one attached hydrogen (secondary N) is 1. The van der Waals surface area contributed by atoms with Crippen molar-refractivity contribution in [3.63, 3.8) is 0 Å². The predicted octanol–water partition coefficient (Wildman–Crippen LogP) is -0.0907. The summed E-state index contributed by atoms with van der Waals surface area (Å²) in [6, 6.07) is 5.86. The van der Waals surface area contributed by atoms with Gasteiger partial charge in [-0.05, 0) is 11.6 Å². The van der Waals surface area contributed by atoms with E-state index in [9.17, 15) is 9.90 Å². The van der Waals surface area contributed by atoms with Crippen molar-refractivity contribution in [2.24, 2.45) is 0 Å². The lowest BCUT2D eigenvalue weighted by atomic mass is 10.1. The fourth-order valence-corrected chi connectivity index (χ4v) is 1.77. The molecule has 1 heterocycles. The number of carboxylic acid groups (broad SMARTS) is 1. The number of carboxylic acids is 1. The van der Waals surface area contributed by atoms with Gasteiger partial charge in [0.2, 0.25) is 0 Å². The van der Waals surface area contributed by atoms with Crippen LogP contribution in [-0.2, 0) is 11.2 Å². The average Bonchev–Trinajstić information content (AvgIpc) is 2.68. The fraction of sp³-hybridized carbons (Fsp3) is 0.182. The molecule has 3 N–H and O–H groups in total. The summed E-state index contributed by atoms with van der Waals surface area (Å²) >= 11 is 0. The number of H-pyrrole nitrogens is 1. The summed E-state index contributed by atoms with van der Waals surface area (Å²) in [5.41, 5.74) is 1.55. The van der Waals surface area contributed by atoms with E-state index in [-0.39, 0.29) is 11.6 Å². The van der Waals surface area contributed by atoms with Crippen LogP contribution < -0.4 is 5.11 Å². The second-order valence-electron chi connectivity index (χ2n) is 3.72. The minimum absolute atomic E-state index is 0.0562. The molecular formula is C11H11N2O4-. The molecule has 6 heteroatoms. The molecule has 0 amide bonds. The van der Waals surface area contributed by atoms with Gasteiger partial charge in [0, 0.05) is 23.5 Å². The highest BCUT2D eigenvalue weighted by Gasteiger charge is 2.18. The van der Waals surface area contributed by atoms with Gasteiger partial charge in [-0.25, -0.2) is 0 Å². The molecule has 0 aliphatic carbocycles. The maximum atomic E-state index is 10.7. The number of hydroxylamine groups is 2. The van der Waals surface area contributed by atoms with Crippen molar-refractivity contribution in [2.45, 2.75) is 12.5 Å². The second-order valence-corrected chi connectivity index (χ2v) is 3.72. The highest BCUT2D eigenvalue weighted by Crippen LogP contribution is 2.19. The lowest BCUT2D eigenvalue weighted by Crippen LogP contribution is -2.46. The Balaban J connectivity index is 2.31. The number of aromatic nitrogens is 1. The van der Waals surface area contributed by atoms with Crippen LogP contribution in [0.25, 0.3) is 10.9 Å². The van der Waals surface area contributed by atoms with E-state index >= 15 is 0 Å². The first-order valence-corrected chi connectivity index (χ1v) is 5.02. The average molecular weight is 235 g/mol. The van der Waals surface area contributed by atoms with Crippen LogP contribution in [0.5, 0.6) is 0 Å². The third kappa shape index (κ3) is 2.28. The minimum atomic E-state index is -1.54. The molecule has 6 nitrogen and oxygen atoms in total. The topological polar surface area (TPSA) is 99.6 Å². The molecule has 2 aromatic rings. The van der Waals surface area contributed by atoms with Crippen LogP contribution >= 0.6 is 0 Å². The summed E-state index contributed by atoms with van der Waals surface area (Å²) in [7, 11) is 0. The van der Waals surface area contributed by atoms with Crippen molar-refractivity contribution < 1.29 is 20.3 Å². The molecule has 0 aliphatic heterocycles. The van der Waals surface area contributed by atoms with Gasteiger partial charge in [-0.15, -0.1) is 0 Å². The molecule has 0 saturated heterocycles. The number of hydrogen-bond donors (Lipinski definition) is 3. The number of aliphatic carboxylic acids is 1. The lowest BCUT2D eigenvalue weighted by Gasteiger charge is -2.20. The number of rotatable bonds is 4. The van der Waals surface area contributed by atoms with Gasteiger partial charge < -0.3 is 14.9 Å². The zero-order chi connectivity index (χ0) is 12.4. The molecule has 0 aliphatic rings. The van der Waals surface area contributed by atoms with Crippen molar-refractivity contribution >= 4 is 16.9 Å². The van der Waals surface area contributed by atoms with E-state index in [4.69, 9.17) is 10.4 Å². The molecular weight excluding hydrogens is 224 g/mol. The molecule has 0 spiro atoms. The number of hydrogen-bond acceptors (Lipinski definition) is 5. The number of para-hydroxylation sites is 1. The van der Waals surface area contributed by atoms with Gasteiger partial charge in [-0.1, -0.05) is 23.4 Å². The Hall–Kier alpha value is -1.89. The summed E-state index contributed by atoms with van der Waals surface area (Å²) in [5.74, 6) is -1.54. The van der Waals surface area contributed by atoms with Crippen molar-refractivity contribution in [1.82, 2.24) is 10.2 Å². The third-order valence-corrected chi connectivity index (χ3v) is 2.64. The standard InChI is InChI=1S/C11H12N2O4/c14-11(15)10(13(16)17)5-7-6-12-9-4-2-1-3-8(7)9/h1-4,6,10,12,16-17H,5H2,(H,14,15)/p-1/t10-/m0/s1. The largest absolute Gasteiger partial charge is 0.548 e. The highest BCUT2D eigenvalue weighted by atomic mass is 16.8. The van der Waals surface area contributed by atoms with Crippen LogP contribution in [-0.4, -0.2) is 32.6 Å². The Bertz CT molecular complexity index is 535. The lowest BCUT2D eigenvalue weighted by molar-refractivity contribution is -0.363. The Morgan fingerprint density at radius 2 is 2.12 bits per heavy atom. The first kappa shape index (κ1) is 11.6. The Morgan fingerprint density at radius 1 is 1.41 bits per heavy atom. The zero-order valence-electron chi connectivity index (χ0n) is 8.83. The van der Waals surface area contributed by atoms with E-state index in [2.05, 4.69) is 4.98 Å². The van der Waals surface area contributed by atoms with Crippen LogP contribution in [0.15, 0.2) is 30.5 Å². The van der Waals surface area contributed by atoms with E-state index in [1.54, 1.807) is 6.20 Å². The number of benzene rings is 1. The van der Waals surface area contributed by atoms with Gasteiger partial charge in [0.25, 0.3) is 0 Å². The highest BCUT2D eigenvalue weighted by molar-refractivity contribution is 5.84. The maximum Gasteiger partial charge on any atom is 0.106 e. The van der Waals surface area contributed by atoms with E-state index in [1.807, 2.05) is 24.3 Å². The molecule has 0 fully saturated rings. The summed E-state index contributed by atoms with van der Waals surface area (Å²) in [4.78, 5) is 13.7. The number of aromatic amines is 1. The summed E-state index contributed by atoms with van der Waals surface area (Å²) < 4.78 is 0. The third-order valence-electron chi connectivity index (χ3n) is 2.64. The Labute approximate surface area is 96.6 Å². The molecule has 2 rings (SSSR count). The smallest absolute Gasteiger partial charge is 0.106 e. The first-order chi connectivity index (χ1) is 8.09. The van der Waals surface area contributed by atoms with E-state index in [0.717, 1.165) is 10.9 Å². The monoisotopic (exact) mass is 235 g/mol. The summed E-state index contributed by atoms with van der Waals surface area (Å²) in [6.07, 6.45) is 1.59. The molecule has 1 atom stereocenters. The van der Waals surface area contributed by atoms with Crippen LogP contribution in [0.4, 0.5) is 0 Å². The number of fused-ring (bicyclic) bond motifs is 1. The van der Waals surface area contributed by atoms with Gasteiger partial charge in [0.05, 0.1) is 5.97 Å². The van der Waals surface area contributed by atoms with Crippen molar-refractivity contribution in [3.8, 4) is 0 Å². The molecule has 1 aromatic heterocycles. The van der Waals surface area contributed by atoms with Crippen LogP contribution in [0.1, 0.15) is 5.56 Å². The molecule has 0 bridgehead atoms. The molecule has 17 heavy (non-hydrogen) atoms. The quantitative estimate of drug-likeness (QED) is 0.643. The van der Waals surface area contributed by atoms with Crippen molar-refractivity contribution in [1.29, 1.82) is 0 Å². The van der Waals surface area contributed by atoms with Crippen LogP contribution in [0.2, 0.25) is 0 Å².